The van der Waals surface area contributed by atoms with Crippen molar-refractivity contribution in [3.63, 3.8) is 0 Å². The van der Waals surface area contributed by atoms with Crippen LogP contribution in [0, 0.1) is 11.8 Å². The Morgan fingerprint density at radius 1 is 1.12 bits per heavy atom. The number of carbonyl (C=O) groups excluding carboxylic acids is 4. The van der Waals surface area contributed by atoms with Crippen LogP contribution in [0.4, 0.5) is 0 Å². The molecule has 1 unspecified atom stereocenters. The Bertz CT molecular complexity index is 1560. The minimum absolute atomic E-state index is 0.0322. The molecular weight excluding hydrogens is 702 g/mol. The minimum Gasteiger partial charge on any atom is -0.455 e. The highest BCUT2D eigenvalue weighted by Gasteiger charge is 2.77. The van der Waals surface area contributed by atoms with E-state index in [4.69, 9.17) is 9.47 Å². The van der Waals surface area contributed by atoms with Gasteiger partial charge in [0.15, 0.2) is 0 Å². The molecule has 0 radical (unpaired) electrons. The molecule has 2 bridgehead atoms. The Kier molecular flexibility index (Phi) is 11.7. The molecule has 50 heavy (non-hydrogen) atoms. The van der Waals surface area contributed by atoms with E-state index in [1.54, 1.807) is 17.1 Å². The molecule has 0 saturated carbocycles. The molecule has 2 aromatic rings. The summed E-state index contributed by atoms with van der Waals surface area (Å²) in [5, 5.41) is 13.7. The SMILES string of the molecule is C=CCCC(=O)NC[C@@H](OC(=O)[C@H]1[C@@H]2O[C@@]3(CC2Br)[C@@H]1C(=O)N([C@@H](CO)Cc1ccccc1)[C@@H]3C(=O)N(CC=C)C(C)(C)C)c1ccccc1. The fourth-order valence-corrected chi connectivity index (χ4v) is 8.70. The molecular formula is C39H48BrN3O7. The monoisotopic (exact) mass is 749 g/mol. The molecule has 0 aliphatic carbocycles. The summed E-state index contributed by atoms with van der Waals surface area (Å²) in [6.07, 6.45) is 3.10. The topological polar surface area (TPSA) is 125 Å². The normalized spacial score (nSPS) is 26.5. The van der Waals surface area contributed by atoms with Crippen LogP contribution in [0.25, 0.3) is 0 Å². The van der Waals surface area contributed by atoms with Crippen molar-refractivity contribution in [2.45, 2.75) is 86.7 Å². The van der Waals surface area contributed by atoms with Gasteiger partial charge in [0.1, 0.15) is 17.7 Å². The molecule has 10 nitrogen and oxygen atoms in total. The van der Waals surface area contributed by atoms with Gasteiger partial charge in [-0.3, -0.25) is 19.2 Å². The number of nitrogens with zero attached hydrogens (tertiary/aromatic N) is 2. The Morgan fingerprint density at radius 2 is 1.78 bits per heavy atom. The van der Waals surface area contributed by atoms with Crippen molar-refractivity contribution in [3.05, 3.63) is 97.1 Å². The van der Waals surface area contributed by atoms with Gasteiger partial charge in [-0.25, -0.2) is 0 Å². The lowest BCUT2D eigenvalue weighted by Gasteiger charge is -2.43. The molecule has 5 rings (SSSR count). The van der Waals surface area contributed by atoms with E-state index in [9.17, 15) is 24.3 Å². The molecule has 1 spiro atoms. The minimum atomic E-state index is -1.35. The Morgan fingerprint density at radius 3 is 2.38 bits per heavy atom. The molecule has 268 valence electrons. The van der Waals surface area contributed by atoms with Crippen molar-refractivity contribution in [2.24, 2.45) is 11.8 Å². The lowest BCUT2D eigenvalue weighted by atomic mass is 9.70. The number of esters is 1. The second-order valence-electron chi connectivity index (χ2n) is 14.3. The van der Waals surface area contributed by atoms with Crippen molar-refractivity contribution >= 4 is 39.6 Å². The fourth-order valence-electron chi connectivity index (χ4n) is 7.76. The third kappa shape index (κ3) is 7.31. The van der Waals surface area contributed by atoms with Crippen LogP contribution in [0.1, 0.15) is 57.3 Å². The summed E-state index contributed by atoms with van der Waals surface area (Å²) in [5.41, 5.74) is -0.420. The third-order valence-electron chi connectivity index (χ3n) is 10.0. The van der Waals surface area contributed by atoms with E-state index < -0.39 is 65.8 Å². The largest absolute Gasteiger partial charge is 0.455 e. The zero-order chi connectivity index (χ0) is 36.2. The first-order valence-electron chi connectivity index (χ1n) is 17.2. The van der Waals surface area contributed by atoms with E-state index in [-0.39, 0.29) is 36.2 Å². The van der Waals surface area contributed by atoms with E-state index in [1.165, 1.54) is 4.90 Å². The van der Waals surface area contributed by atoms with E-state index in [2.05, 4.69) is 34.4 Å². The van der Waals surface area contributed by atoms with Crippen LogP contribution in [-0.2, 0) is 35.1 Å². The molecule has 2 N–H and O–H groups in total. The summed E-state index contributed by atoms with van der Waals surface area (Å²) in [4.78, 5) is 59.4. The van der Waals surface area contributed by atoms with E-state index in [0.717, 1.165) is 5.56 Å². The third-order valence-corrected chi connectivity index (χ3v) is 10.9. The number of benzene rings is 2. The predicted molar refractivity (Wildman–Crippen MR) is 193 cm³/mol. The number of hydrogen-bond donors (Lipinski definition) is 2. The van der Waals surface area contributed by atoms with Gasteiger partial charge >= 0.3 is 5.97 Å². The van der Waals surface area contributed by atoms with Crippen LogP contribution in [0.5, 0.6) is 0 Å². The molecule has 3 amide bonds. The highest BCUT2D eigenvalue weighted by molar-refractivity contribution is 9.09. The molecule has 3 aliphatic heterocycles. The van der Waals surface area contributed by atoms with Crippen LogP contribution in [0.15, 0.2) is 86.0 Å². The standard InChI is InChI=1S/C39H48BrN3O7/c1-6-8-19-30(45)41-23-29(26-17-13-10-14-18-26)49-37(48)31-32-35(46)43(27(24-44)21-25-15-11-9-12-16-25)34(39(32)22-28(40)33(31)50-39)36(47)42(20-7-2)38(3,4)5/h6-7,9-18,27-29,31-34,44H,1-2,8,19-24H2,3-5H3,(H,41,45)/t27-,28?,29-,31-,32+,33-,34-,39+/m1/s1. The highest BCUT2D eigenvalue weighted by atomic mass is 79.9. The van der Waals surface area contributed by atoms with Crippen molar-refractivity contribution < 1.29 is 33.8 Å². The van der Waals surface area contributed by atoms with Gasteiger partial charge in [0.25, 0.3) is 0 Å². The number of aliphatic hydroxyl groups is 1. The summed E-state index contributed by atoms with van der Waals surface area (Å²) in [5.74, 6) is -3.69. The van der Waals surface area contributed by atoms with Crippen molar-refractivity contribution in [3.8, 4) is 0 Å². The van der Waals surface area contributed by atoms with Gasteiger partial charge in [0.2, 0.25) is 17.7 Å². The number of rotatable bonds is 15. The van der Waals surface area contributed by atoms with Gasteiger partial charge in [-0.1, -0.05) is 88.7 Å². The zero-order valence-electron chi connectivity index (χ0n) is 29.0. The van der Waals surface area contributed by atoms with Gasteiger partial charge < -0.3 is 29.7 Å². The van der Waals surface area contributed by atoms with Crippen LogP contribution in [0.3, 0.4) is 0 Å². The molecule has 3 aliphatic rings. The zero-order valence-corrected chi connectivity index (χ0v) is 30.6. The van der Waals surface area contributed by atoms with Crippen LogP contribution in [0.2, 0.25) is 0 Å². The van der Waals surface area contributed by atoms with E-state index >= 15 is 0 Å². The first-order valence-corrected chi connectivity index (χ1v) is 18.1. The number of fused-ring (bicyclic) bond motifs is 1. The molecule has 3 heterocycles. The van der Waals surface area contributed by atoms with Gasteiger partial charge in [-0.15, -0.1) is 13.2 Å². The average Bonchev–Trinajstić information content (AvgIpc) is 3.70. The second kappa shape index (κ2) is 15.6. The molecule has 0 aromatic heterocycles. The highest BCUT2D eigenvalue weighted by Crippen LogP contribution is 2.61. The van der Waals surface area contributed by atoms with Crippen LogP contribution >= 0.6 is 15.9 Å². The molecule has 3 fully saturated rings. The number of allylic oxidation sites excluding steroid dienone is 1. The van der Waals surface area contributed by atoms with Gasteiger partial charge in [0.05, 0.1) is 37.1 Å². The first kappa shape index (κ1) is 37.5. The number of hydrogen-bond acceptors (Lipinski definition) is 7. The maximum atomic E-state index is 14.9. The maximum Gasteiger partial charge on any atom is 0.313 e. The number of alkyl halides is 1. The number of amides is 3. The van der Waals surface area contributed by atoms with Crippen LogP contribution < -0.4 is 5.32 Å². The van der Waals surface area contributed by atoms with E-state index in [0.29, 0.717) is 24.8 Å². The number of ether oxygens (including phenoxy) is 2. The smallest absolute Gasteiger partial charge is 0.313 e. The van der Waals surface area contributed by atoms with Crippen molar-refractivity contribution in [1.29, 1.82) is 0 Å². The number of nitrogens with one attached hydrogen (secondary N) is 1. The van der Waals surface area contributed by atoms with Crippen molar-refractivity contribution in [1.82, 2.24) is 15.1 Å². The Hall–Kier alpha value is -3.80. The van der Waals surface area contributed by atoms with Gasteiger partial charge in [-0.05, 0) is 51.2 Å². The van der Waals surface area contributed by atoms with Crippen LogP contribution in [-0.4, -0.2) is 92.4 Å². The lowest BCUT2D eigenvalue weighted by Crippen LogP contribution is -2.62. The average molecular weight is 751 g/mol. The predicted octanol–water partition coefficient (Wildman–Crippen LogP) is 4.52. The quantitative estimate of drug-likeness (QED) is 0.156. The summed E-state index contributed by atoms with van der Waals surface area (Å²) < 4.78 is 12.9. The Labute approximate surface area is 303 Å². The second-order valence-corrected chi connectivity index (χ2v) is 15.5. The molecule has 2 aromatic carbocycles. The first-order chi connectivity index (χ1) is 23.9. The van der Waals surface area contributed by atoms with Gasteiger partial charge in [-0.2, -0.15) is 0 Å². The molecule has 11 heteroatoms. The molecule has 8 atom stereocenters. The van der Waals surface area contributed by atoms with Gasteiger partial charge in [0, 0.05) is 23.3 Å². The van der Waals surface area contributed by atoms with Crippen molar-refractivity contribution in [2.75, 3.05) is 19.7 Å². The van der Waals surface area contributed by atoms with E-state index in [1.807, 2.05) is 81.4 Å². The number of carbonyl (C=O) groups is 4. The summed E-state index contributed by atoms with van der Waals surface area (Å²) >= 11 is 3.73. The number of halogens is 1. The summed E-state index contributed by atoms with van der Waals surface area (Å²) in [6, 6.07) is 16.7. The maximum absolute atomic E-state index is 14.9. The summed E-state index contributed by atoms with van der Waals surface area (Å²) in [7, 11) is 0. The number of aliphatic hydroxyl groups excluding tert-OH is 1. The Balaban J connectivity index is 1.53. The number of likely N-dealkylation sites (tertiary alicyclic amines) is 1. The lowest BCUT2D eigenvalue weighted by molar-refractivity contribution is -0.161. The summed E-state index contributed by atoms with van der Waals surface area (Å²) in [6.45, 7) is 13.1. The molecule has 3 saturated heterocycles. The fraction of sp³-hybridized carbons (Fsp3) is 0.487.